The molecule has 1 aromatic carbocycles. The Morgan fingerprint density at radius 1 is 1.40 bits per heavy atom. The van der Waals surface area contributed by atoms with E-state index in [-0.39, 0.29) is 17.4 Å². The van der Waals surface area contributed by atoms with Crippen LogP contribution in [0.5, 0.6) is 11.6 Å². The minimum absolute atomic E-state index is 0.0209. The lowest BCUT2D eigenvalue weighted by molar-refractivity contribution is -0.385. The van der Waals surface area contributed by atoms with Gasteiger partial charge in [-0.25, -0.2) is 9.37 Å². The Hall–Kier alpha value is -2.77. The number of hydrogen-bond acceptors (Lipinski definition) is 6. The first-order valence-corrected chi connectivity index (χ1v) is 5.64. The van der Waals surface area contributed by atoms with Gasteiger partial charge in [0.15, 0.2) is 0 Å². The second kappa shape index (κ2) is 5.47. The van der Waals surface area contributed by atoms with Gasteiger partial charge in [-0.2, -0.15) is 4.98 Å². The molecule has 7 nitrogen and oxygen atoms in total. The first-order valence-electron chi connectivity index (χ1n) is 5.64. The fraction of sp³-hybridized carbons (Fsp3) is 0.167. The highest BCUT2D eigenvalue weighted by Gasteiger charge is 2.24. The zero-order chi connectivity index (χ0) is 14.7. The molecule has 1 heterocycles. The van der Waals surface area contributed by atoms with Crippen LogP contribution in [0.4, 0.5) is 15.9 Å². The van der Waals surface area contributed by atoms with Crippen LogP contribution in [0.1, 0.15) is 5.56 Å². The number of halogens is 1. The van der Waals surface area contributed by atoms with Gasteiger partial charge in [-0.3, -0.25) is 10.1 Å². The zero-order valence-corrected chi connectivity index (χ0v) is 10.8. The van der Waals surface area contributed by atoms with Crippen molar-refractivity contribution < 1.29 is 14.1 Å². The predicted octanol–water partition coefficient (Wildman–Crippen LogP) is 2.67. The number of nitrogens with one attached hydrogen (secondary N) is 1. The number of anilines is 1. The highest BCUT2D eigenvalue weighted by molar-refractivity contribution is 5.61. The van der Waals surface area contributed by atoms with Gasteiger partial charge in [-0.15, -0.1) is 0 Å². The van der Waals surface area contributed by atoms with Crippen molar-refractivity contribution in [3.8, 4) is 11.6 Å². The number of aromatic nitrogens is 2. The lowest BCUT2D eigenvalue weighted by Crippen LogP contribution is -2.03. The molecule has 0 bridgehead atoms. The molecule has 0 atom stereocenters. The molecule has 0 radical (unpaired) electrons. The van der Waals surface area contributed by atoms with Crippen LogP contribution in [0.15, 0.2) is 24.5 Å². The first-order chi connectivity index (χ1) is 9.52. The van der Waals surface area contributed by atoms with Crippen LogP contribution >= 0.6 is 0 Å². The van der Waals surface area contributed by atoms with Gasteiger partial charge < -0.3 is 10.1 Å². The monoisotopic (exact) mass is 278 g/mol. The summed E-state index contributed by atoms with van der Waals surface area (Å²) in [6, 6.07) is 4.15. The van der Waals surface area contributed by atoms with Crippen molar-refractivity contribution in [3.63, 3.8) is 0 Å². The molecule has 0 saturated carbocycles. The van der Waals surface area contributed by atoms with Crippen LogP contribution in [0.25, 0.3) is 0 Å². The Bertz CT molecular complexity index is 663. The Kier molecular flexibility index (Phi) is 3.74. The fourth-order valence-corrected chi connectivity index (χ4v) is 1.53. The Morgan fingerprint density at radius 3 is 2.75 bits per heavy atom. The largest absolute Gasteiger partial charge is 0.433 e. The molecule has 104 valence electrons. The Labute approximate surface area is 113 Å². The minimum atomic E-state index is -0.661. The summed E-state index contributed by atoms with van der Waals surface area (Å²) in [6.45, 7) is 1.60. The van der Waals surface area contributed by atoms with E-state index in [1.54, 1.807) is 6.92 Å². The van der Waals surface area contributed by atoms with E-state index in [0.717, 1.165) is 12.4 Å². The molecule has 0 aliphatic carbocycles. The van der Waals surface area contributed by atoms with Crippen molar-refractivity contribution in [2.75, 3.05) is 12.4 Å². The van der Waals surface area contributed by atoms with Crippen molar-refractivity contribution in [2.45, 2.75) is 6.92 Å². The molecule has 0 spiro atoms. The zero-order valence-electron chi connectivity index (χ0n) is 10.8. The van der Waals surface area contributed by atoms with Crippen molar-refractivity contribution in [1.29, 1.82) is 0 Å². The fourth-order valence-electron chi connectivity index (χ4n) is 1.53. The molecule has 0 amide bonds. The van der Waals surface area contributed by atoms with Gasteiger partial charge in [0.05, 0.1) is 4.92 Å². The number of aryl methyl sites for hydroxylation is 1. The third-order valence-electron chi connectivity index (χ3n) is 2.57. The topological polar surface area (TPSA) is 90.2 Å². The normalized spacial score (nSPS) is 10.2. The smallest absolute Gasteiger partial charge is 0.373 e. The van der Waals surface area contributed by atoms with E-state index in [1.807, 2.05) is 0 Å². The third-order valence-corrected chi connectivity index (χ3v) is 2.57. The van der Waals surface area contributed by atoms with Crippen LogP contribution in [0.3, 0.4) is 0 Å². The molecule has 2 rings (SSSR count). The number of rotatable bonds is 4. The number of ether oxygens (including phenoxy) is 1. The SMILES string of the molecule is CNc1ncnc(Oc2ccc(C)c(F)c2)c1[N+](=O)[O-]. The van der Waals surface area contributed by atoms with E-state index >= 15 is 0 Å². The lowest BCUT2D eigenvalue weighted by Gasteiger charge is -2.07. The van der Waals surface area contributed by atoms with Crippen molar-refractivity contribution in [1.82, 2.24) is 9.97 Å². The van der Waals surface area contributed by atoms with Gasteiger partial charge in [0.25, 0.3) is 0 Å². The van der Waals surface area contributed by atoms with Gasteiger partial charge in [-0.1, -0.05) is 6.07 Å². The summed E-state index contributed by atoms with van der Waals surface area (Å²) in [5.41, 5.74) is 0.0430. The second-order valence-electron chi connectivity index (χ2n) is 3.90. The summed E-state index contributed by atoms with van der Waals surface area (Å²) < 4.78 is 18.7. The van der Waals surface area contributed by atoms with Gasteiger partial charge in [0, 0.05) is 13.1 Å². The van der Waals surface area contributed by atoms with Crippen molar-refractivity contribution in [2.24, 2.45) is 0 Å². The summed E-state index contributed by atoms with van der Waals surface area (Å²) >= 11 is 0. The van der Waals surface area contributed by atoms with Gasteiger partial charge in [0.2, 0.25) is 5.82 Å². The van der Waals surface area contributed by atoms with E-state index in [0.29, 0.717) is 5.56 Å². The number of benzene rings is 1. The van der Waals surface area contributed by atoms with E-state index < -0.39 is 16.4 Å². The van der Waals surface area contributed by atoms with Gasteiger partial charge in [0.1, 0.15) is 17.9 Å². The van der Waals surface area contributed by atoms with Crippen molar-refractivity contribution >= 4 is 11.5 Å². The van der Waals surface area contributed by atoms with Crippen LogP contribution < -0.4 is 10.1 Å². The number of hydrogen-bond donors (Lipinski definition) is 1. The molecule has 8 heteroatoms. The maximum atomic E-state index is 13.4. The van der Waals surface area contributed by atoms with E-state index in [9.17, 15) is 14.5 Å². The van der Waals surface area contributed by atoms with Gasteiger partial charge >= 0.3 is 11.6 Å². The molecule has 0 aliphatic rings. The first kappa shape index (κ1) is 13.7. The second-order valence-corrected chi connectivity index (χ2v) is 3.90. The number of nitrogens with zero attached hydrogens (tertiary/aromatic N) is 3. The molecular weight excluding hydrogens is 267 g/mol. The molecule has 1 N–H and O–H groups in total. The third kappa shape index (κ3) is 2.63. The predicted molar refractivity (Wildman–Crippen MR) is 69.4 cm³/mol. The summed E-state index contributed by atoms with van der Waals surface area (Å²) in [5.74, 6) is -0.574. The summed E-state index contributed by atoms with van der Waals surface area (Å²) in [6.07, 6.45) is 1.12. The van der Waals surface area contributed by atoms with E-state index in [1.165, 1.54) is 19.2 Å². The van der Waals surface area contributed by atoms with Crippen LogP contribution in [0.2, 0.25) is 0 Å². The summed E-state index contributed by atoms with van der Waals surface area (Å²) in [4.78, 5) is 17.8. The highest BCUT2D eigenvalue weighted by atomic mass is 19.1. The summed E-state index contributed by atoms with van der Waals surface area (Å²) in [5, 5.41) is 13.6. The Morgan fingerprint density at radius 2 is 2.15 bits per heavy atom. The molecule has 1 aromatic heterocycles. The maximum absolute atomic E-state index is 13.4. The lowest BCUT2D eigenvalue weighted by atomic mass is 10.2. The average Bonchev–Trinajstić information content (AvgIpc) is 2.42. The van der Waals surface area contributed by atoms with Crippen LogP contribution in [-0.2, 0) is 0 Å². The highest BCUT2D eigenvalue weighted by Crippen LogP contribution is 2.33. The molecule has 0 fully saturated rings. The Balaban J connectivity index is 2.42. The standard InChI is InChI=1S/C12H11FN4O3/c1-7-3-4-8(5-9(7)13)20-12-10(17(18)19)11(14-2)15-6-16-12/h3-6H,1-2H3,(H,14,15,16). The van der Waals surface area contributed by atoms with Crippen molar-refractivity contribution in [3.05, 3.63) is 46.0 Å². The van der Waals surface area contributed by atoms with Crippen LogP contribution in [0, 0.1) is 22.9 Å². The minimum Gasteiger partial charge on any atom is -0.433 e. The van der Waals surface area contributed by atoms with E-state index in [2.05, 4.69) is 15.3 Å². The summed E-state index contributed by atoms with van der Waals surface area (Å²) in [7, 11) is 1.49. The molecular formula is C12H11FN4O3. The molecule has 2 aromatic rings. The maximum Gasteiger partial charge on any atom is 0.373 e. The average molecular weight is 278 g/mol. The molecule has 20 heavy (non-hydrogen) atoms. The quantitative estimate of drug-likeness (QED) is 0.683. The number of nitro groups is 1. The van der Waals surface area contributed by atoms with Crippen LogP contribution in [-0.4, -0.2) is 21.9 Å². The van der Waals surface area contributed by atoms with Gasteiger partial charge in [-0.05, 0) is 18.6 Å². The molecule has 0 aliphatic heterocycles. The molecule has 0 unspecified atom stereocenters. The van der Waals surface area contributed by atoms with E-state index in [4.69, 9.17) is 4.74 Å². The molecule has 0 saturated heterocycles.